The van der Waals surface area contributed by atoms with Gasteiger partial charge in [-0.25, -0.2) is 0 Å². The van der Waals surface area contributed by atoms with Gasteiger partial charge in [0.15, 0.2) is 0 Å². The van der Waals surface area contributed by atoms with Crippen molar-refractivity contribution in [2.24, 2.45) is 0 Å². The molecule has 4 heteroatoms. The van der Waals surface area contributed by atoms with E-state index in [0.717, 1.165) is 32.4 Å². The van der Waals surface area contributed by atoms with Gasteiger partial charge in [-0.1, -0.05) is 6.42 Å². The van der Waals surface area contributed by atoms with Crippen LogP contribution in [0.4, 0.5) is 0 Å². The highest BCUT2D eigenvalue weighted by molar-refractivity contribution is 5.66. The number of likely N-dealkylation sites (tertiary alicyclic amines) is 1. The molecule has 0 spiro atoms. The van der Waals surface area contributed by atoms with E-state index in [1.165, 1.54) is 12.8 Å². The minimum atomic E-state index is -0.710. The maximum atomic E-state index is 10.6. The molecule has 1 fully saturated rings. The molecule has 0 aromatic rings. The average molecular weight is 243 g/mol. The molecule has 4 nitrogen and oxygen atoms in total. The molecule has 0 bridgehead atoms. The number of hydrogen-bond acceptors (Lipinski definition) is 3. The average Bonchev–Trinajstić information content (AvgIpc) is 2.23. The molecular weight excluding hydrogens is 218 g/mol. The first-order valence-corrected chi connectivity index (χ1v) is 6.57. The predicted molar refractivity (Wildman–Crippen MR) is 67.0 cm³/mol. The normalized spacial score (nSPS) is 22.6. The lowest BCUT2D eigenvalue weighted by Gasteiger charge is -2.36. The standard InChI is InChI=1S/C13H25NO3/c1-13(2,17)8-10-14-9-4-3-5-11(14)6-7-12(15)16/h11,17H,3-10H2,1-2H3,(H,15,16). The smallest absolute Gasteiger partial charge is 0.303 e. The summed E-state index contributed by atoms with van der Waals surface area (Å²) in [5, 5.41) is 18.5. The van der Waals surface area contributed by atoms with E-state index in [9.17, 15) is 9.90 Å². The molecule has 1 atom stereocenters. The van der Waals surface area contributed by atoms with Gasteiger partial charge in [0.1, 0.15) is 0 Å². The molecule has 0 aromatic heterocycles. The van der Waals surface area contributed by atoms with Crippen LogP contribution in [-0.4, -0.2) is 45.8 Å². The van der Waals surface area contributed by atoms with E-state index in [1.54, 1.807) is 0 Å². The van der Waals surface area contributed by atoms with Crippen LogP contribution in [0.1, 0.15) is 52.4 Å². The minimum Gasteiger partial charge on any atom is -0.481 e. The zero-order chi connectivity index (χ0) is 12.9. The van der Waals surface area contributed by atoms with Gasteiger partial charge in [0.2, 0.25) is 0 Å². The largest absolute Gasteiger partial charge is 0.481 e. The summed E-state index contributed by atoms with van der Waals surface area (Å²) in [5.74, 6) is -0.710. The van der Waals surface area contributed by atoms with Crippen LogP contribution in [0, 0.1) is 0 Å². The Morgan fingerprint density at radius 1 is 1.41 bits per heavy atom. The highest BCUT2D eigenvalue weighted by Crippen LogP contribution is 2.22. The monoisotopic (exact) mass is 243 g/mol. The van der Waals surface area contributed by atoms with Crippen LogP contribution in [0.25, 0.3) is 0 Å². The summed E-state index contributed by atoms with van der Waals surface area (Å²) >= 11 is 0. The molecule has 2 N–H and O–H groups in total. The maximum Gasteiger partial charge on any atom is 0.303 e. The van der Waals surface area contributed by atoms with Crippen molar-refractivity contribution in [1.82, 2.24) is 4.90 Å². The molecule has 17 heavy (non-hydrogen) atoms. The number of rotatable bonds is 6. The summed E-state index contributed by atoms with van der Waals surface area (Å²) in [7, 11) is 0. The summed E-state index contributed by atoms with van der Waals surface area (Å²) in [4.78, 5) is 13.0. The fourth-order valence-corrected chi connectivity index (χ4v) is 2.39. The first-order chi connectivity index (χ1) is 7.88. The second-order valence-electron chi connectivity index (χ2n) is 5.68. The van der Waals surface area contributed by atoms with Crippen molar-refractivity contribution in [1.29, 1.82) is 0 Å². The third-order valence-electron chi connectivity index (χ3n) is 3.45. The number of carboxylic acid groups (broad SMARTS) is 1. The van der Waals surface area contributed by atoms with E-state index in [1.807, 2.05) is 13.8 Å². The van der Waals surface area contributed by atoms with Crippen LogP contribution in [0.15, 0.2) is 0 Å². The molecular formula is C13H25NO3. The SMILES string of the molecule is CC(C)(O)CCN1CCCCC1CCC(=O)O. The molecule has 1 aliphatic heterocycles. The lowest BCUT2D eigenvalue weighted by atomic mass is 9.96. The molecule has 0 aromatic carbocycles. The molecule has 0 aliphatic carbocycles. The van der Waals surface area contributed by atoms with Crippen LogP contribution < -0.4 is 0 Å². The minimum absolute atomic E-state index is 0.254. The zero-order valence-electron chi connectivity index (χ0n) is 11.0. The van der Waals surface area contributed by atoms with Crippen LogP contribution in [0.5, 0.6) is 0 Å². The number of hydrogen-bond donors (Lipinski definition) is 2. The molecule has 1 saturated heterocycles. The summed E-state index contributed by atoms with van der Waals surface area (Å²) in [6.45, 7) is 5.56. The van der Waals surface area contributed by atoms with Crippen molar-refractivity contribution in [2.75, 3.05) is 13.1 Å². The van der Waals surface area contributed by atoms with E-state index < -0.39 is 11.6 Å². The van der Waals surface area contributed by atoms with Gasteiger partial charge in [-0.05, 0) is 46.1 Å². The lowest BCUT2D eigenvalue weighted by Crippen LogP contribution is -2.42. The number of nitrogens with zero attached hydrogens (tertiary/aromatic N) is 1. The Hall–Kier alpha value is -0.610. The van der Waals surface area contributed by atoms with E-state index in [2.05, 4.69) is 4.90 Å². The van der Waals surface area contributed by atoms with Crippen molar-refractivity contribution in [3.05, 3.63) is 0 Å². The predicted octanol–water partition coefficient (Wildman–Crippen LogP) is 1.87. The van der Waals surface area contributed by atoms with Crippen molar-refractivity contribution in [2.45, 2.75) is 64.0 Å². The topological polar surface area (TPSA) is 60.8 Å². The highest BCUT2D eigenvalue weighted by Gasteiger charge is 2.24. The van der Waals surface area contributed by atoms with Crippen LogP contribution in [-0.2, 0) is 4.79 Å². The molecule has 0 saturated carbocycles. The summed E-state index contributed by atoms with van der Waals surface area (Å²) < 4.78 is 0. The Labute approximate surface area is 104 Å². The second-order valence-corrected chi connectivity index (χ2v) is 5.68. The fraction of sp³-hybridized carbons (Fsp3) is 0.923. The van der Waals surface area contributed by atoms with E-state index in [0.29, 0.717) is 6.04 Å². The third kappa shape index (κ3) is 6.03. The molecule has 1 heterocycles. The van der Waals surface area contributed by atoms with Crippen molar-refractivity contribution in [3.63, 3.8) is 0 Å². The number of aliphatic carboxylic acids is 1. The van der Waals surface area contributed by atoms with Gasteiger partial charge >= 0.3 is 5.97 Å². The fourth-order valence-electron chi connectivity index (χ4n) is 2.39. The molecule has 1 aliphatic rings. The van der Waals surface area contributed by atoms with Gasteiger partial charge in [0.25, 0.3) is 0 Å². The van der Waals surface area contributed by atoms with Crippen molar-refractivity contribution in [3.8, 4) is 0 Å². The Balaban J connectivity index is 2.39. The molecule has 1 rings (SSSR count). The van der Waals surface area contributed by atoms with Crippen LogP contribution in [0.2, 0.25) is 0 Å². The highest BCUT2D eigenvalue weighted by atomic mass is 16.4. The van der Waals surface area contributed by atoms with E-state index >= 15 is 0 Å². The maximum absolute atomic E-state index is 10.6. The quantitative estimate of drug-likeness (QED) is 0.747. The molecule has 1 unspecified atom stereocenters. The Bertz CT molecular complexity index is 248. The summed E-state index contributed by atoms with van der Waals surface area (Å²) in [5.41, 5.74) is -0.630. The van der Waals surface area contributed by atoms with E-state index in [4.69, 9.17) is 5.11 Å². The van der Waals surface area contributed by atoms with Gasteiger partial charge in [0.05, 0.1) is 5.60 Å². The first kappa shape index (κ1) is 14.5. The van der Waals surface area contributed by atoms with Gasteiger partial charge in [-0.3, -0.25) is 4.79 Å². The second kappa shape index (κ2) is 6.36. The van der Waals surface area contributed by atoms with E-state index in [-0.39, 0.29) is 6.42 Å². The van der Waals surface area contributed by atoms with Gasteiger partial charge in [0, 0.05) is 19.0 Å². The Morgan fingerprint density at radius 3 is 2.71 bits per heavy atom. The van der Waals surface area contributed by atoms with Crippen LogP contribution in [0.3, 0.4) is 0 Å². The van der Waals surface area contributed by atoms with Crippen molar-refractivity contribution >= 4 is 5.97 Å². The van der Waals surface area contributed by atoms with Crippen LogP contribution >= 0.6 is 0 Å². The Kier molecular flexibility index (Phi) is 5.40. The first-order valence-electron chi connectivity index (χ1n) is 6.57. The molecule has 0 amide bonds. The Morgan fingerprint density at radius 2 is 2.12 bits per heavy atom. The van der Waals surface area contributed by atoms with Crippen molar-refractivity contribution < 1.29 is 15.0 Å². The number of carbonyl (C=O) groups is 1. The molecule has 100 valence electrons. The summed E-state index contributed by atoms with van der Waals surface area (Å²) in [6, 6.07) is 0.391. The van der Waals surface area contributed by atoms with Gasteiger partial charge < -0.3 is 15.1 Å². The van der Waals surface area contributed by atoms with Gasteiger partial charge in [-0.2, -0.15) is 0 Å². The summed E-state index contributed by atoms with van der Waals surface area (Å²) in [6.07, 6.45) is 5.22. The van der Waals surface area contributed by atoms with Gasteiger partial charge in [-0.15, -0.1) is 0 Å². The molecule has 0 radical (unpaired) electrons. The lowest BCUT2D eigenvalue weighted by molar-refractivity contribution is -0.137. The number of aliphatic hydroxyl groups is 1. The third-order valence-corrected chi connectivity index (χ3v) is 3.45. The number of piperidine rings is 1. The zero-order valence-corrected chi connectivity index (χ0v) is 11.0. The number of carboxylic acids is 1.